The molecule has 0 saturated carbocycles. The third-order valence-corrected chi connectivity index (χ3v) is 5.22. The zero-order valence-corrected chi connectivity index (χ0v) is 19.5. The molecule has 5 amide bonds. The van der Waals surface area contributed by atoms with Crippen LogP contribution in [0.4, 0.5) is 16.2 Å². The standard InChI is InChI=1S/C27H24N4O5/c1-18-7-11-21(12-8-18)28-24(32)16-31-26(34)23(30-27(31)35)15-19-9-13-22(14-10-19)36-17-25(33)29-20-5-3-2-4-6-20/h2-15H,16-17H2,1H3,(H,28,32)(H,29,33)(H,30,35). The summed E-state index contributed by atoms with van der Waals surface area (Å²) < 4.78 is 5.50. The van der Waals surface area contributed by atoms with E-state index >= 15 is 0 Å². The largest absolute Gasteiger partial charge is 0.484 e. The Morgan fingerprint density at radius 2 is 1.50 bits per heavy atom. The van der Waals surface area contributed by atoms with Gasteiger partial charge in [-0.1, -0.05) is 48.0 Å². The van der Waals surface area contributed by atoms with Crippen molar-refractivity contribution in [2.45, 2.75) is 6.92 Å². The van der Waals surface area contributed by atoms with Crippen molar-refractivity contribution in [3.05, 3.63) is 95.7 Å². The van der Waals surface area contributed by atoms with E-state index < -0.39 is 24.4 Å². The summed E-state index contributed by atoms with van der Waals surface area (Å²) in [5.41, 5.74) is 2.99. The number of hydrogen-bond donors (Lipinski definition) is 3. The first kappa shape index (κ1) is 24.2. The van der Waals surface area contributed by atoms with Crippen LogP contribution >= 0.6 is 0 Å². The van der Waals surface area contributed by atoms with E-state index in [0.717, 1.165) is 10.5 Å². The highest BCUT2D eigenvalue weighted by atomic mass is 16.5. The Kier molecular flexibility index (Phi) is 7.40. The van der Waals surface area contributed by atoms with Gasteiger partial charge in [-0.15, -0.1) is 0 Å². The fourth-order valence-corrected chi connectivity index (χ4v) is 3.39. The maximum absolute atomic E-state index is 12.7. The number of carbonyl (C=O) groups is 4. The summed E-state index contributed by atoms with van der Waals surface area (Å²) in [6, 6.07) is 22.2. The van der Waals surface area contributed by atoms with Crippen LogP contribution in [0.2, 0.25) is 0 Å². The fraction of sp³-hybridized carbons (Fsp3) is 0.111. The van der Waals surface area contributed by atoms with E-state index in [1.807, 2.05) is 37.3 Å². The monoisotopic (exact) mass is 484 g/mol. The minimum Gasteiger partial charge on any atom is -0.484 e. The Morgan fingerprint density at radius 1 is 0.861 bits per heavy atom. The first-order valence-corrected chi connectivity index (χ1v) is 11.2. The van der Waals surface area contributed by atoms with E-state index in [2.05, 4.69) is 16.0 Å². The molecule has 4 rings (SSSR count). The van der Waals surface area contributed by atoms with E-state index in [9.17, 15) is 19.2 Å². The third kappa shape index (κ3) is 6.35. The molecule has 1 fully saturated rings. The van der Waals surface area contributed by atoms with Gasteiger partial charge in [0.1, 0.15) is 18.0 Å². The highest BCUT2D eigenvalue weighted by Gasteiger charge is 2.34. The fourth-order valence-electron chi connectivity index (χ4n) is 3.39. The van der Waals surface area contributed by atoms with Gasteiger partial charge in [-0.25, -0.2) is 9.69 Å². The quantitative estimate of drug-likeness (QED) is 0.334. The number of urea groups is 1. The lowest BCUT2D eigenvalue weighted by Gasteiger charge is -2.12. The maximum Gasteiger partial charge on any atom is 0.329 e. The van der Waals surface area contributed by atoms with Gasteiger partial charge in [0.15, 0.2) is 6.61 Å². The molecule has 0 radical (unpaired) electrons. The Hall–Kier alpha value is -4.92. The molecule has 0 aromatic heterocycles. The summed E-state index contributed by atoms with van der Waals surface area (Å²) in [5, 5.41) is 7.89. The molecule has 1 aliphatic heterocycles. The molecule has 3 N–H and O–H groups in total. The Balaban J connectivity index is 1.30. The molecule has 3 aromatic rings. The van der Waals surface area contributed by atoms with Gasteiger partial charge in [0.05, 0.1) is 0 Å². The number of anilines is 2. The van der Waals surface area contributed by atoms with E-state index in [-0.39, 0.29) is 18.2 Å². The Bertz CT molecular complexity index is 1300. The molecule has 9 heteroatoms. The second-order valence-corrected chi connectivity index (χ2v) is 8.07. The van der Waals surface area contributed by atoms with Gasteiger partial charge in [-0.3, -0.25) is 14.4 Å². The van der Waals surface area contributed by atoms with Crippen molar-refractivity contribution >= 4 is 41.2 Å². The summed E-state index contributed by atoms with van der Waals surface area (Å²) in [7, 11) is 0. The van der Waals surface area contributed by atoms with Crippen LogP contribution < -0.4 is 20.7 Å². The Labute approximate surface area is 207 Å². The first-order valence-electron chi connectivity index (χ1n) is 11.2. The van der Waals surface area contributed by atoms with Crippen molar-refractivity contribution < 1.29 is 23.9 Å². The van der Waals surface area contributed by atoms with Gasteiger partial charge in [-0.05, 0) is 55.0 Å². The van der Waals surface area contributed by atoms with E-state index in [1.165, 1.54) is 6.08 Å². The number of aryl methyl sites for hydroxylation is 1. The van der Waals surface area contributed by atoms with Gasteiger partial charge in [-0.2, -0.15) is 0 Å². The molecule has 1 saturated heterocycles. The topological polar surface area (TPSA) is 117 Å². The zero-order chi connectivity index (χ0) is 25.5. The van der Waals surface area contributed by atoms with Crippen molar-refractivity contribution in [1.29, 1.82) is 0 Å². The van der Waals surface area contributed by atoms with Crippen molar-refractivity contribution in [3.63, 3.8) is 0 Å². The van der Waals surface area contributed by atoms with Crippen LogP contribution in [0.5, 0.6) is 5.75 Å². The van der Waals surface area contributed by atoms with Crippen molar-refractivity contribution in [3.8, 4) is 5.75 Å². The molecule has 0 aliphatic carbocycles. The average molecular weight is 485 g/mol. The summed E-state index contributed by atoms with van der Waals surface area (Å²) >= 11 is 0. The van der Waals surface area contributed by atoms with Crippen LogP contribution in [0.15, 0.2) is 84.6 Å². The summed E-state index contributed by atoms with van der Waals surface area (Å²) in [5.74, 6) is -0.909. The highest BCUT2D eigenvalue weighted by Crippen LogP contribution is 2.18. The number of carbonyl (C=O) groups excluding carboxylic acids is 4. The predicted molar refractivity (Wildman–Crippen MR) is 135 cm³/mol. The molecule has 1 aliphatic rings. The number of para-hydroxylation sites is 1. The molecule has 3 aromatic carbocycles. The number of imide groups is 1. The van der Waals surface area contributed by atoms with Crippen LogP contribution in [-0.2, 0) is 14.4 Å². The SMILES string of the molecule is Cc1ccc(NC(=O)CN2C(=O)NC(=Cc3ccc(OCC(=O)Nc4ccccc4)cc3)C2=O)cc1. The van der Waals surface area contributed by atoms with Gasteiger partial charge in [0.2, 0.25) is 5.91 Å². The molecule has 0 unspecified atom stereocenters. The van der Waals surface area contributed by atoms with Gasteiger partial charge in [0, 0.05) is 11.4 Å². The van der Waals surface area contributed by atoms with Gasteiger partial charge >= 0.3 is 6.03 Å². The predicted octanol–water partition coefficient (Wildman–Crippen LogP) is 3.54. The molecular weight excluding hydrogens is 460 g/mol. The number of benzene rings is 3. The maximum atomic E-state index is 12.7. The number of amides is 5. The summed E-state index contributed by atoms with van der Waals surface area (Å²) in [6.07, 6.45) is 1.50. The zero-order valence-electron chi connectivity index (χ0n) is 19.5. The molecule has 0 atom stereocenters. The smallest absolute Gasteiger partial charge is 0.329 e. The number of rotatable bonds is 8. The summed E-state index contributed by atoms with van der Waals surface area (Å²) in [4.78, 5) is 50.1. The third-order valence-electron chi connectivity index (χ3n) is 5.22. The molecule has 0 bridgehead atoms. The minimum absolute atomic E-state index is 0.0547. The molecule has 9 nitrogen and oxygen atoms in total. The second-order valence-electron chi connectivity index (χ2n) is 8.07. The molecule has 0 spiro atoms. The van der Waals surface area contributed by atoms with Gasteiger partial charge < -0.3 is 20.7 Å². The van der Waals surface area contributed by atoms with Crippen molar-refractivity contribution in [1.82, 2.24) is 10.2 Å². The lowest BCUT2D eigenvalue weighted by Crippen LogP contribution is -2.38. The van der Waals surface area contributed by atoms with Crippen LogP contribution in [0.3, 0.4) is 0 Å². The molecule has 182 valence electrons. The van der Waals surface area contributed by atoms with Crippen molar-refractivity contribution in [2.75, 3.05) is 23.8 Å². The number of hydrogen-bond acceptors (Lipinski definition) is 5. The number of nitrogens with one attached hydrogen (secondary N) is 3. The van der Waals surface area contributed by atoms with E-state index in [0.29, 0.717) is 22.7 Å². The normalized spacial score (nSPS) is 13.9. The Morgan fingerprint density at radius 3 is 2.19 bits per heavy atom. The van der Waals surface area contributed by atoms with E-state index in [1.54, 1.807) is 48.5 Å². The van der Waals surface area contributed by atoms with Gasteiger partial charge in [0.25, 0.3) is 11.8 Å². The second kappa shape index (κ2) is 11.0. The molecule has 36 heavy (non-hydrogen) atoms. The van der Waals surface area contributed by atoms with Crippen LogP contribution in [0.1, 0.15) is 11.1 Å². The van der Waals surface area contributed by atoms with Crippen molar-refractivity contribution in [2.24, 2.45) is 0 Å². The number of ether oxygens (including phenoxy) is 1. The van der Waals surface area contributed by atoms with Crippen LogP contribution in [0.25, 0.3) is 6.08 Å². The van der Waals surface area contributed by atoms with E-state index in [4.69, 9.17) is 4.74 Å². The summed E-state index contributed by atoms with van der Waals surface area (Å²) in [6.45, 7) is 1.36. The highest BCUT2D eigenvalue weighted by molar-refractivity contribution is 6.15. The minimum atomic E-state index is -0.672. The number of nitrogens with zero attached hydrogens (tertiary/aromatic N) is 1. The van der Waals surface area contributed by atoms with Crippen LogP contribution in [0, 0.1) is 6.92 Å². The average Bonchev–Trinajstić information content (AvgIpc) is 3.13. The van der Waals surface area contributed by atoms with Crippen LogP contribution in [-0.4, -0.2) is 41.8 Å². The lowest BCUT2D eigenvalue weighted by molar-refractivity contribution is -0.127. The molecular formula is C27H24N4O5. The molecule has 1 heterocycles. The lowest BCUT2D eigenvalue weighted by atomic mass is 10.2. The first-order chi connectivity index (χ1) is 17.4.